The molecule has 11 heteroatoms. The molecule has 0 saturated carbocycles. The first-order valence-electron chi connectivity index (χ1n) is 9.36. The molecule has 0 radical (unpaired) electrons. The molecule has 0 unspecified atom stereocenters. The van der Waals surface area contributed by atoms with Crippen LogP contribution in [0.5, 0.6) is 0 Å². The fourth-order valence-corrected chi connectivity index (χ4v) is 5.36. The number of carbonyl (C=O) groups is 1. The van der Waals surface area contributed by atoms with E-state index in [0.29, 0.717) is 29.3 Å². The van der Waals surface area contributed by atoms with E-state index in [2.05, 4.69) is 15.4 Å². The second-order valence-electron chi connectivity index (χ2n) is 7.43. The highest BCUT2D eigenvalue weighted by molar-refractivity contribution is 7.91. The zero-order chi connectivity index (χ0) is 21.6. The Morgan fingerprint density at radius 3 is 2.77 bits per heavy atom. The maximum Gasteiger partial charge on any atom is 0.261 e. The minimum absolute atomic E-state index is 0.0320. The minimum Gasteiger partial charge on any atom is -0.309 e. The lowest BCUT2D eigenvalue weighted by atomic mass is 10.2. The first kappa shape index (κ1) is 20.2. The molecular formula is C19H20FN5O4S. The van der Waals surface area contributed by atoms with Gasteiger partial charge in [-0.2, -0.15) is 5.10 Å². The third kappa shape index (κ3) is 3.84. The van der Waals surface area contributed by atoms with Crippen molar-refractivity contribution in [2.75, 3.05) is 16.8 Å². The zero-order valence-corrected chi connectivity index (χ0v) is 17.2. The number of nitrogens with zero attached hydrogens (tertiary/aromatic N) is 4. The van der Waals surface area contributed by atoms with Crippen molar-refractivity contribution < 1.29 is 17.6 Å². The Morgan fingerprint density at radius 1 is 1.30 bits per heavy atom. The van der Waals surface area contributed by atoms with Gasteiger partial charge in [0.15, 0.2) is 9.84 Å². The minimum atomic E-state index is -3.12. The van der Waals surface area contributed by atoms with E-state index in [9.17, 15) is 22.4 Å². The summed E-state index contributed by atoms with van der Waals surface area (Å²) in [6.45, 7) is 3.01. The summed E-state index contributed by atoms with van der Waals surface area (Å²) in [4.78, 5) is 29.7. The predicted octanol–water partition coefficient (Wildman–Crippen LogP) is 1.35. The van der Waals surface area contributed by atoms with E-state index in [1.807, 2.05) is 0 Å². The highest BCUT2D eigenvalue weighted by atomic mass is 32.2. The van der Waals surface area contributed by atoms with Gasteiger partial charge in [-0.1, -0.05) is 0 Å². The van der Waals surface area contributed by atoms with E-state index in [0.717, 1.165) is 6.07 Å². The molecule has 0 spiro atoms. The lowest BCUT2D eigenvalue weighted by Gasteiger charge is -2.15. The van der Waals surface area contributed by atoms with E-state index in [1.54, 1.807) is 19.9 Å². The van der Waals surface area contributed by atoms with Crippen LogP contribution < -0.4 is 10.9 Å². The van der Waals surface area contributed by atoms with Gasteiger partial charge in [-0.25, -0.2) is 22.5 Å². The van der Waals surface area contributed by atoms with Gasteiger partial charge in [0.25, 0.3) is 5.56 Å². The van der Waals surface area contributed by atoms with Gasteiger partial charge in [0.1, 0.15) is 24.0 Å². The quantitative estimate of drug-likeness (QED) is 0.664. The zero-order valence-electron chi connectivity index (χ0n) is 16.4. The second-order valence-corrected chi connectivity index (χ2v) is 9.66. The Morgan fingerprint density at radius 2 is 2.07 bits per heavy atom. The van der Waals surface area contributed by atoms with Crippen LogP contribution in [0, 0.1) is 19.7 Å². The number of hydrogen-bond donors (Lipinski definition) is 1. The van der Waals surface area contributed by atoms with Crippen LogP contribution in [0.15, 0.2) is 29.1 Å². The topological polar surface area (TPSA) is 116 Å². The predicted molar refractivity (Wildman–Crippen MR) is 109 cm³/mol. The second kappa shape index (κ2) is 7.31. The number of amides is 1. The molecule has 1 fully saturated rings. The molecule has 2 aromatic heterocycles. The Balaban J connectivity index is 1.60. The smallest absolute Gasteiger partial charge is 0.261 e. The normalized spacial score (nSPS) is 18.0. The SMILES string of the molecule is Cc1cc(NC(=O)Cn2c(C)nc3ccc(F)cc3c2=O)n([C@H]2CCS(=O)(=O)C2)n1. The van der Waals surface area contributed by atoms with Crippen LogP contribution in [0.1, 0.15) is 24.0 Å². The maximum absolute atomic E-state index is 13.5. The van der Waals surface area contributed by atoms with Crippen LogP contribution in [0.2, 0.25) is 0 Å². The summed E-state index contributed by atoms with van der Waals surface area (Å²) < 4.78 is 39.8. The van der Waals surface area contributed by atoms with Crippen LogP contribution in [0.3, 0.4) is 0 Å². The van der Waals surface area contributed by atoms with Gasteiger partial charge < -0.3 is 5.32 Å². The molecule has 1 N–H and O–H groups in total. The monoisotopic (exact) mass is 433 g/mol. The molecule has 0 aliphatic carbocycles. The average molecular weight is 433 g/mol. The summed E-state index contributed by atoms with van der Waals surface area (Å²) in [6.07, 6.45) is 0.422. The number of sulfone groups is 1. The largest absolute Gasteiger partial charge is 0.309 e. The Labute approximate surface area is 171 Å². The van der Waals surface area contributed by atoms with E-state index >= 15 is 0 Å². The maximum atomic E-state index is 13.5. The van der Waals surface area contributed by atoms with Crippen molar-refractivity contribution in [3.8, 4) is 0 Å². The standard InChI is InChI=1S/C19H20FN5O4S/c1-11-7-17(25(23-11)14-5-6-30(28,29)10-14)22-18(26)9-24-12(2)21-16-4-3-13(20)8-15(16)19(24)27/h3-4,7-8,14H,5-6,9-10H2,1-2H3,(H,22,26)/t14-/m0/s1. The van der Waals surface area contributed by atoms with Crippen molar-refractivity contribution in [2.24, 2.45) is 0 Å². The van der Waals surface area contributed by atoms with Gasteiger partial charge >= 0.3 is 0 Å². The number of carbonyl (C=O) groups excluding carboxylic acids is 1. The van der Waals surface area contributed by atoms with Crippen LogP contribution in [-0.2, 0) is 21.2 Å². The summed E-state index contributed by atoms with van der Waals surface area (Å²) >= 11 is 0. The molecule has 158 valence electrons. The molecule has 1 saturated heterocycles. The summed E-state index contributed by atoms with van der Waals surface area (Å²) in [7, 11) is -3.12. The van der Waals surface area contributed by atoms with Crippen molar-refractivity contribution in [2.45, 2.75) is 32.9 Å². The number of hydrogen-bond acceptors (Lipinski definition) is 6. The number of aryl methyl sites for hydroxylation is 2. The lowest BCUT2D eigenvalue weighted by Crippen LogP contribution is -2.31. The molecular weight excluding hydrogens is 413 g/mol. The molecule has 1 aromatic carbocycles. The van der Waals surface area contributed by atoms with Crippen molar-refractivity contribution >= 4 is 32.5 Å². The summed E-state index contributed by atoms with van der Waals surface area (Å²) in [5.41, 5.74) is 0.469. The number of fused-ring (bicyclic) bond motifs is 1. The number of anilines is 1. The molecule has 30 heavy (non-hydrogen) atoms. The summed E-state index contributed by atoms with van der Waals surface area (Å²) in [5, 5.41) is 7.11. The van der Waals surface area contributed by atoms with Crippen LogP contribution in [0.25, 0.3) is 10.9 Å². The molecule has 1 aliphatic heterocycles. The van der Waals surface area contributed by atoms with Gasteiger partial charge in [-0.15, -0.1) is 0 Å². The van der Waals surface area contributed by atoms with E-state index in [1.165, 1.54) is 21.4 Å². The van der Waals surface area contributed by atoms with Crippen molar-refractivity contribution in [1.29, 1.82) is 0 Å². The highest BCUT2D eigenvalue weighted by Gasteiger charge is 2.31. The van der Waals surface area contributed by atoms with Crippen molar-refractivity contribution in [3.63, 3.8) is 0 Å². The van der Waals surface area contributed by atoms with Gasteiger partial charge in [-0.05, 0) is 38.5 Å². The van der Waals surface area contributed by atoms with Gasteiger partial charge in [-0.3, -0.25) is 14.2 Å². The van der Waals surface area contributed by atoms with Crippen molar-refractivity contribution in [1.82, 2.24) is 19.3 Å². The first-order valence-corrected chi connectivity index (χ1v) is 11.2. The molecule has 4 rings (SSSR count). The number of halogens is 1. The average Bonchev–Trinajstić information content (AvgIpc) is 3.20. The van der Waals surface area contributed by atoms with Crippen LogP contribution >= 0.6 is 0 Å². The van der Waals surface area contributed by atoms with E-state index in [4.69, 9.17) is 0 Å². The lowest BCUT2D eigenvalue weighted by molar-refractivity contribution is -0.116. The van der Waals surface area contributed by atoms with Crippen molar-refractivity contribution in [3.05, 3.63) is 52.0 Å². The number of aromatic nitrogens is 4. The summed E-state index contributed by atoms with van der Waals surface area (Å²) in [6, 6.07) is 5.02. The number of rotatable bonds is 4. The highest BCUT2D eigenvalue weighted by Crippen LogP contribution is 2.27. The molecule has 0 bridgehead atoms. The first-order chi connectivity index (χ1) is 14.1. The number of benzene rings is 1. The third-order valence-corrected chi connectivity index (χ3v) is 6.84. The molecule has 1 aliphatic rings. The molecule has 3 heterocycles. The summed E-state index contributed by atoms with van der Waals surface area (Å²) in [5.74, 6) is -0.328. The van der Waals surface area contributed by atoms with Gasteiger partial charge in [0.2, 0.25) is 5.91 Å². The van der Waals surface area contributed by atoms with Crippen LogP contribution in [0.4, 0.5) is 10.2 Å². The van der Waals surface area contributed by atoms with E-state index < -0.39 is 27.1 Å². The van der Waals surface area contributed by atoms with Gasteiger partial charge in [0, 0.05) is 6.07 Å². The molecule has 9 nitrogen and oxygen atoms in total. The third-order valence-electron chi connectivity index (χ3n) is 5.09. The number of nitrogens with one attached hydrogen (secondary N) is 1. The molecule has 1 amide bonds. The van der Waals surface area contributed by atoms with E-state index in [-0.39, 0.29) is 29.5 Å². The fourth-order valence-electron chi connectivity index (χ4n) is 3.67. The molecule has 3 aromatic rings. The van der Waals surface area contributed by atoms with Crippen LogP contribution in [-0.4, -0.2) is 45.2 Å². The Bertz CT molecular complexity index is 1330. The Hall–Kier alpha value is -3.08. The fraction of sp³-hybridized carbons (Fsp3) is 0.368. The van der Waals surface area contributed by atoms with Gasteiger partial charge in [0.05, 0.1) is 34.1 Å². The molecule has 1 atom stereocenters. The Kier molecular flexibility index (Phi) is 4.92.